The molecule has 2 saturated heterocycles. The lowest BCUT2D eigenvalue weighted by Gasteiger charge is -2.38. The van der Waals surface area contributed by atoms with Crippen molar-refractivity contribution in [1.29, 1.82) is 5.26 Å². The Kier molecular flexibility index (Phi) is 7.15. The molecule has 8 nitrogen and oxygen atoms in total. The van der Waals surface area contributed by atoms with E-state index in [4.69, 9.17) is 0 Å². The number of benzene rings is 1. The Hall–Kier alpha value is -3.74. The number of carboxylic acid groups (broad SMARTS) is 1. The van der Waals surface area contributed by atoms with Crippen molar-refractivity contribution in [3.63, 3.8) is 0 Å². The van der Waals surface area contributed by atoms with Crippen LogP contribution in [0.1, 0.15) is 31.2 Å². The Morgan fingerprint density at radius 1 is 1.26 bits per heavy atom. The molecule has 10 heteroatoms. The van der Waals surface area contributed by atoms with Crippen LogP contribution in [0.4, 0.5) is 19.3 Å². The minimum Gasteiger partial charge on any atom is -0.465 e. The van der Waals surface area contributed by atoms with Gasteiger partial charge in [-0.2, -0.15) is 5.26 Å². The van der Waals surface area contributed by atoms with Crippen LogP contribution in [0.25, 0.3) is 0 Å². The van der Waals surface area contributed by atoms with E-state index in [1.165, 1.54) is 11.0 Å². The van der Waals surface area contributed by atoms with Crippen LogP contribution in [0.15, 0.2) is 42.7 Å². The number of anilines is 1. The SMILES string of the molecule is CCN(C(=O)O)[C@@H]1CN(C(=O)C2CCN(c3cccnc3)C(C#N)C2)C[C@H]1c1ccc(F)c(F)c1. The molecule has 2 aliphatic rings. The number of aromatic nitrogens is 1. The number of likely N-dealkylation sites (N-methyl/N-ethyl adjacent to an activating group) is 1. The average Bonchev–Trinajstić information content (AvgIpc) is 3.30. The number of halogens is 2. The van der Waals surface area contributed by atoms with Crippen molar-refractivity contribution in [2.75, 3.05) is 31.1 Å². The first-order chi connectivity index (χ1) is 16.8. The third-order valence-electron chi connectivity index (χ3n) is 7.04. The summed E-state index contributed by atoms with van der Waals surface area (Å²) in [5.41, 5.74) is 1.27. The number of carbonyl (C=O) groups is 2. The van der Waals surface area contributed by atoms with Crippen molar-refractivity contribution < 1.29 is 23.5 Å². The average molecular weight is 484 g/mol. The molecule has 0 bridgehead atoms. The zero-order valence-electron chi connectivity index (χ0n) is 19.3. The van der Waals surface area contributed by atoms with Gasteiger partial charge in [-0.1, -0.05) is 6.07 Å². The minimum atomic E-state index is -1.13. The topological polar surface area (TPSA) is 101 Å². The lowest BCUT2D eigenvalue weighted by atomic mass is 9.89. The van der Waals surface area contributed by atoms with Crippen LogP contribution in [0.2, 0.25) is 0 Å². The number of piperidine rings is 1. The number of pyridine rings is 1. The Morgan fingerprint density at radius 3 is 2.69 bits per heavy atom. The second-order valence-corrected chi connectivity index (χ2v) is 8.93. The summed E-state index contributed by atoms with van der Waals surface area (Å²) in [7, 11) is 0. The molecule has 4 rings (SSSR count). The molecule has 0 aliphatic carbocycles. The third kappa shape index (κ3) is 4.90. The van der Waals surface area contributed by atoms with Gasteiger partial charge in [-0.25, -0.2) is 13.6 Å². The van der Waals surface area contributed by atoms with Gasteiger partial charge in [0.1, 0.15) is 6.04 Å². The smallest absolute Gasteiger partial charge is 0.407 e. The fourth-order valence-electron chi connectivity index (χ4n) is 5.27. The Bertz CT molecular complexity index is 1130. The molecule has 35 heavy (non-hydrogen) atoms. The summed E-state index contributed by atoms with van der Waals surface area (Å²) >= 11 is 0. The van der Waals surface area contributed by atoms with E-state index in [-0.39, 0.29) is 25.5 Å². The summed E-state index contributed by atoms with van der Waals surface area (Å²) in [6, 6.07) is 8.43. The largest absolute Gasteiger partial charge is 0.465 e. The molecule has 0 radical (unpaired) electrons. The van der Waals surface area contributed by atoms with E-state index in [1.54, 1.807) is 30.3 Å². The molecule has 1 aromatic carbocycles. The van der Waals surface area contributed by atoms with Gasteiger partial charge in [0.15, 0.2) is 11.6 Å². The predicted octanol–water partition coefficient (Wildman–Crippen LogP) is 3.46. The van der Waals surface area contributed by atoms with Crippen molar-refractivity contribution in [3.8, 4) is 6.07 Å². The maximum absolute atomic E-state index is 14.0. The third-order valence-corrected chi connectivity index (χ3v) is 7.04. The molecule has 2 aromatic rings. The molecule has 2 fully saturated rings. The van der Waals surface area contributed by atoms with Crippen LogP contribution in [0, 0.1) is 28.9 Å². The van der Waals surface area contributed by atoms with Crippen molar-refractivity contribution >= 4 is 17.7 Å². The highest BCUT2D eigenvalue weighted by molar-refractivity contribution is 5.80. The van der Waals surface area contributed by atoms with Crippen molar-refractivity contribution in [3.05, 3.63) is 59.9 Å². The Balaban J connectivity index is 1.54. The van der Waals surface area contributed by atoms with Crippen molar-refractivity contribution in [2.24, 2.45) is 5.92 Å². The van der Waals surface area contributed by atoms with Gasteiger partial charge >= 0.3 is 6.09 Å². The van der Waals surface area contributed by atoms with Gasteiger partial charge in [0.25, 0.3) is 0 Å². The maximum atomic E-state index is 14.0. The Labute approximate surface area is 202 Å². The molecule has 0 spiro atoms. The molecule has 1 N–H and O–H groups in total. The van der Waals surface area contributed by atoms with E-state index in [9.17, 15) is 28.7 Å². The summed E-state index contributed by atoms with van der Waals surface area (Å²) < 4.78 is 27.5. The zero-order valence-corrected chi connectivity index (χ0v) is 19.3. The lowest BCUT2D eigenvalue weighted by Crippen LogP contribution is -2.48. The van der Waals surface area contributed by atoms with Crippen molar-refractivity contribution in [1.82, 2.24) is 14.8 Å². The number of amides is 2. The molecule has 2 unspecified atom stereocenters. The van der Waals surface area contributed by atoms with Crippen molar-refractivity contribution in [2.45, 2.75) is 37.8 Å². The van der Waals surface area contributed by atoms with Gasteiger partial charge in [0.2, 0.25) is 5.91 Å². The number of carbonyl (C=O) groups excluding carboxylic acids is 1. The molecule has 4 atom stereocenters. The highest BCUT2D eigenvalue weighted by atomic mass is 19.2. The zero-order chi connectivity index (χ0) is 25.1. The number of nitriles is 1. The highest BCUT2D eigenvalue weighted by Crippen LogP contribution is 2.35. The monoisotopic (exact) mass is 483 g/mol. The van der Waals surface area contributed by atoms with E-state index in [2.05, 4.69) is 11.1 Å². The number of nitrogens with zero attached hydrogens (tertiary/aromatic N) is 5. The van der Waals surface area contributed by atoms with Gasteiger partial charge in [0, 0.05) is 44.2 Å². The second kappa shape index (κ2) is 10.3. The number of hydrogen-bond acceptors (Lipinski definition) is 5. The lowest BCUT2D eigenvalue weighted by molar-refractivity contribution is -0.135. The van der Waals surface area contributed by atoms with Crippen LogP contribution in [-0.2, 0) is 4.79 Å². The first-order valence-corrected chi connectivity index (χ1v) is 11.6. The Morgan fingerprint density at radius 2 is 2.06 bits per heavy atom. The number of likely N-dealkylation sites (tertiary alicyclic amines) is 1. The molecule has 1 aromatic heterocycles. The van der Waals surface area contributed by atoms with E-state index in [1.807, 2.05) is 11.0 Å². The molecular weight excluding hydrogens is 456 g/mol. The summed E-state index contributed by atoms with van der Waals surface area (Å²) in [6.07, 6.45) is 3.10. The first-order valence-electron chi connectivity index (χ1n) is 11.6. The molecule has 184 valence electrons. The normalized spacial score (nSPS) is 24.2. The van der Waals surface area contributed by atoms with Crippen LogP contribution in [-0.4, -0.2) is 70.2 Å². The van der Waals surface area contributed by atoms with Crippen LogP contribution in [0.5, 0.6) is 0 Å². The van der Waals surface area contributed by atoms with E-state index < -0.39 is 41.6 Å². The molecule has 2 amide bonds. The quantitative estimate of drug-likeness (QED) is 0.699. The van der Waals surface area contributed by atoms with E-state index >= 15 is 0 Å². The number of rotatable bonds is 5. The summed E-state index contributed by atoms with van der Waals surface area (Å²) in [5.74, 6) is -3.02. The van der Waals surface area contributed by atoms with Crippen LogP contribution in [0.3, 0.4) is 0 Å². The second-order valence-electron chi connectivity index (χ2n) is 8.93. The highest BCUT2D eigenvalue weighted by Gasteiger charge is 2.44. The molecule has 2 aliphatic heterocycles. The summed E-state index contributed by atoms with van der Waals surface area (Å²) in [6.45, 7) is 2.76. The van der Waals surface area contributed by atoms with Gasteiger partial charge in [-0.15, -0.1) is 0 Å². The predicted molar refractivity (Wildman–Crippen MR) is 124 cm³/mol. The molecule has 3 heterocycles. The van der Waals surface area contributed by atoms with Gasteiger partial charge in [0.05, 0.1) is 24.0 Å². The van der Waals surface area contributed by atoms with E-state index in [0.717, 1.165) is 17.8 Å². The summed E-state index contributed by atoms with van der Waals surface area (Å²) in [5, 5.41) is 19.5. The van der Waals surface area contributed by atoms with E-state index in [0.29, 0.717) is 24.9 Å². The van der Waals surface area contributed by atoms with Gasteiger partial charge < -0.3 is 19.8 Å². The fraction of sp³-hybridized carbons (Fsp3) is 0.440. The van der Waals surface area contributed by atoms with Crippen LogP contribution < -0.4 is 4.90 Å². The number of hydrogen-bond donors (Lipinski definition) is 1. The molecule has 0 saturated carbocycles. The molecular formula is C25H27F2N5O3. The fourth-order valence-corrected chi connectivity index (χ4v) is 5.27. The van der Waals surface area contributed by atoms with Gasteiger partial charge in [-0.3, -0.25) is 9.78 Å². The standard InChI is InChI=1S/C25H27F2N5O3/c1-2-31(25(34)35)23-15-30(14-20(23)16-5-6-21(26)22(27)11-16)24(33)17-7-9-32(19(10-17)12-28)18-4-3-8-29-13-18/h3-6,8,11,13,17,19-20,23H,2,7,9-10,14-15H2,1H3,(H,34,35)/t17?,19?,20-,23+/m0/s1. The minimum absolute atomic E-state index is 0.146. The first kappa shape index (κ1) is 24.4. The van der Waals surface area contributed by atoms with Crippen LogP contribution >= 0.6 is 0 Å². The summed E-state index contributed by atoms with van der Waals surface area (Å²) in [4.78, 5) is 34.3. The van der Waals surface area contributed by atoms with Gasteiger partial charge in [-0.05, 0) is 49.6 Å². The maximum Gasteiger partial charge on any atom is 0.407 e.